The van der Waals surface area contributed by atoms with Gasteiger partial charge in [0.25, 0.3) is 5.91 Å². The smallest absolute Gasteiger partial charge is 0.267 e. The number of hydrazone groups is 1. The predicted octanol–water partition coefficient (Wildman–Crippen LogP) is -1.25. The number of aliphatic hydroxyl groups is 1. The molecule has 6 heteroatoms. The number of rotatable bonds is 3. The molecular formula is C8H13N3O3. The molecule has 0 radical (unpaired) electrons. The number of nitrogens with one attached hydrogen (secondary N) is 2. The lowest BCUT2D eigenvalue weighted by Gasteiger charge is -2.14. The van der Waals surface area contributed by atoms with Crippen LogP contribution >= 0.6 is 0 Å². The first-order chi connectivity index (χ1) is 6.63. The highest BCUT2D eigenvalue weighted by Gasteiger charge is 2.18. The molecule has 14 heavy (non-hydrogen) atoms. The minimum atomic E-state index is -0.341. The molecule has 0 aliphatic carbocycles. The van der Waals surface area contributed by atoms with Crippen LogP contribution in [0.15, 0.2) is 5.10 Å². The molecule has 1 heterocycles. The lowest BCUT2D eigenvalue weighted by molar-refractivity contribution is -0.121. The number of aliphatic hydroxyl groups excluding tert-OH is 1. The molecule has 0 bridgehead atoms. The summed E-state index contributed by atoms with van der Waals surface area (Å²) >= 11 is 0. The third kappa shape index (κ3) is 2.81. The molecule has 1 rings (SSSR count). The third-order valence-electron chi connectivity index (χ3n) is 1.82. The molecule has 1 unspecified atom stereocenters. The minimum Gasteiger partial charge on any atom is -0.394 e. The van der Waals surface area contributed by atoms with E-state index in [0.717, 1.165) is 0 Å². The van der Waals surface area contributed by atoms with Crippen LogP contribution in [0.2, 0.25) is 0 Å². The van der Waals surface area contributed by atoms with Crippen LogP contribution in [0, 0.1) is 0 Å². The lowest BCUT2D eigenvalue weighted by atomic mass is 10.1. The van der Waals surface area contributed by atoms with Crippen molar-refractivity contribution in [3.8, 4) is 0 Å². The van der Waals surface area contributed by atoms with Gasteiger partial charge in [-0.15, -0.1) is 0 Å². The van der Waals surface area contributed by atoms with Crippen molar-refractivity contribution in [3.63, 3.8) is 0 Å². The van der Waals surface area contributed by atoms with E-state index < -0.39 is 0 Å². The topological polar surface area (TPSA) is 90.8 Å². The fourth-order valence-corrected chi connectivity index (χ4v) is 0.991. The number of carbonyl (C=O) groups excluding carboxylic acids is 2. The molecule has 0 aromatic rings. The number of amides is 2. The average molecular weight is 199 g/mol. The fourth-order valence-electron chi connectivity index (χ4n) is 0.991. The summed E-state index contributed by atoms with van der Waals surface area (Å²) in [5.41, 5.74) is 2.53. The van der Waals surface area contributed by atoms with Gasteiger partial charge in [0.1, 0.15) is 5.71 Å². The second-order valence-electron chi connectivity index (χ2n) is 3.15. The molecule has 2 amide bonds. The highest BCUT2D eigenvalue weighted by atomic mass is 16.3. The molecule has 1 aliphatic rings. The molecule has 0 aromatic heterocycles. The quantitative estimate of drug-likeness (QED) is 0.530. The first kappa shape index (κ1) is 10.6. The minimum absolute atomic E-state index is 0.120. The number of hydrogen-bond donors (Lipinski definition) is 3. The summed E-state index contributed by atoms with van der Waals surface area (Å²) in [7, 11) is 0. The molecule has 0 aromatic carbocycles. The van der Waals surface area contributed by atoms with Gasteiger partial charge in [-0.2, -0.15) is 5.10 Å². The summed E-state index contributed by atoms with van der Waals surface area (Å²) in [6.07, 6.45) is 0.621. The van der Waals surface area contributed by atoms with E-state index in [9.17, 15) is 9.59 Å². The summed E-state index contributed by atoms with van der Waals surface area (Å²) in [6.45, 7) is 1.56. The van der Waals surface area contributed by atoms with Crippen LogP contribution < -0.4 is 10.7 Å². The van der Waals surface area contributed by atoms with Crippen LogP contribution in [0.4, 0.5) is 0 Å². The average Bonchev–Trinajstić information content (AvgIpc) is 2.18. The van der Waals surface area contributed by atoms with Gasteiger partial charge in [-0.3, -0.25) is 9.59 Å². The first-order valence-corrected chi connectivity index (χ1v) is 4.40. The summed E-state index contributed by atoms with van der Waals surface area (Å²) in [5, 5.41) is 14.9. The molecular weight excluding hydrogens is 186 g/mol. The maximum atomic E-state index is 11.4. The second kappa shape index (κ2) is 4.71. The van der Waals surface area contributed by atoms with Crippen molar-refractivity contribution in [1.29, 1.82) is 0 Å². The first-order valence-electron chi connectivity index (χ1n) is 4.40. The standard InChI is InChI=1S/C8H13N3O3/c1-5(4-12)9-8(14)6-2-3-7(13)11-10-6/h5,12H,2-4H2,1H3,(H,9,14)(H,11,13). The zero-order valence-electron chi connectivity index (χ0n) is 7.91. The van der Waals surface area contributed by atoms with Gasteiger partial charge >= 0.3 is 0 Å². The summed E-state index contributed by atoms with van der Waals surface area (Å²) in [4.78, 5) is 22.1. The van der Waals surface area contributed by atoms with Crippen molar-refractivity contribution >= 4 is 17.5 Å². The SMILES string of the molecule is CC(CO)NC(=O)C1=NNC(=O)CC1. The van der Waals surface area contributed by atoms with E-state index >= 15 is 0 Å². The molecule has 0 saturated heterocycles. The fraction of sp³-hybridized carbons (Fsp3) is 0.625. The Labute approximate surface area is 81.4 Å². The monoisotopic (exact) mass is 199 g/mol. The number of hydrogen-bond acceptors (Lipinski definition) is 4. The Balaban J connectivity index is 2.49. The van der Waals surface area contributed by atoms with Crippen LogP contribution in [0.3, 0.4) is 0 Å². The van der Waals surface area contributed by atoms with E-state index in [0.29, 0.717) is 12.1 Å². The van der Waals surface area contributed by atoms with Gasteiger partial charge in [-0.1, -0.05) is 0 Å². The van der Waals surface area contributed by atoms with E-state index in [1.54, 1.807) is 6.92 Å². The zero-order valence-corrected chi connectivity index (χ0v) is 7.91. The van der Waals surface area contributed by atoms with Crippen molar-refractivity contribution in [1.82, 2.24) is 10.7 Å². The van der Waals surface area contributed by atoms with Gasteiger partial charge < -0.3 is 10.4 Å². The van der Waals surface area contributed by atoms with Gasteiger partial charge in [-0.25, -0.2) is 5.43 Å². The molecule has 3 N–H and O–H groups in total. The summed E-state index contributed by atoms with van der Waals surface area (Å²) < 4.78 is 0. The third-order valence-corrected chi connectivity index (χ3v) is 1.82. The maximum absolute atomic E-state index is 11.4. The van der Waals surface area contributed by atoms with Crippen LogP contribution in [0.25, 0.3) is 0 Å². The van der Waals surface area contributed by atoms with E-state index in [4.69, 9.17) is 5.11 Å². The summed E-state index contributed by atoms with van der Waals surface area (Å²) in [5.74, 6) is -0.525. The van der Waals surface area contributed by atoms with E-state index in [-0.39, 0.29) is 30.9 Å². The summed E-state index contributed by atoms with van der Waals surface area (Å²) in [6, 6.07) is -0.303. The van der Waals surface area contributed by atoms with Crippen LogP contribution in [0.1, 0.15) is 19.8 Å². The number of carbonyl (C=O) groups is 2. The van der Waals surface area contributed by atoms with Crippen molar-refractivity contribution in [2.75, 3.05) is 6.61 Å². The molecule has 6 nitrogen and oxygen atoms in total. The van der Waals surface area contributed by atoms with Gasteiger partial charge in [0.05, 0.1) is 6.61 Å². The van der Waals surface area contributed by atoms with Gasteiger partial charge in [-0.05, 0) is 6.92 Å². The molecule has 0 spiro atoms. The van der Waals surface area contributed by atoms with Crippen molar-refractivity contribution in [2.24, 2.45) is 5.10 Å². The predicted molar refractivity (Wildman–Crippen MR) is 49.5 cm³/mol. The van der Waals surface area contributed by atoms with E-state index in [2.05, 4.69) is 15.8 Å². The van der Waals surface area contributed by atoms with Crippen molar-refractivity contribution in [2.45, 2.75) is 25.8 Å². The Morgan fingerprint density at radius 2 is 2.43 bits per heavy atom. The molecule has 78 valence electrons. The Morgan fingerprint density at radius 1 is 1.71 bits per heavy atom. The highest BCUT2D eigenvalue weighted by Crippen LogP contribution is 1.99. The molecule has 0 saturated carbocycles. The largest absolute Gasteiger partial charge is 0.394 e. The Morgan fingerprint density at radius 3 is 2.93 bits per heavy atom. The van der Waals surface area contributed by atoms with Crippen LogP contribution in [0.5, 0.6) is 0 Å². The van der Waals surface area contributed by atoms with Gasteiger partial charge in [0, 0.05) is 18.9 Å². The molecule has 1 atom stereocenters. The Bertz CT molecular complexity index is 275. The van der Waals surface area contributed by atoms with E-state index in [1.807, 2.05) is 0 Å². The Hall–Kier alpha value is -1.43. The second-order valence-corrected chi connectivity index (χ2v) is 3.15. The molecule has 0 fully saturated rings. The van der Waals surface area contributed by atoms with E-state index in [1.165, 1.54) is 0 Å². The maximum Gasteiger partial charge on any atom is 0.267 e. The lowest BCUT2D eigenvalue weighted by Crippen LogP contribution is -2.42. The zero-order chi connectivity index (χ0) is 10.6. The molecule has 1 aliphatic heterocycles. The van der Waals surface area contributed by atoms with Crippen molar-refractivity contribution < 1.29 is 14.7 Å². The van der Waals surface area contributed by atoms with Crippen LogP contribution in [-0.4, -0.2) is 35.3 Å². The van der Waals surface area contributed by atoms with Gasteiger partial charge in [0.15, 0.2) is 0 Å². The normalized spacial score (nSPS) is 18.1. The number of nitrogens with zero attached hydrogens (tertiary/aromatic N) is 1. The Kier molecular flexibility index (Phi) is 3.58. The van der Waals surface area contributed by atoms with Crippen LogP contribution in [-0.2, 0) is 9.59 Å². The van der Waals surface area contributed by atoms with Crippen molar-refractivity contribution in [3.05, 3.63) is 0 Å². The highest BCUT2D eigenvalue weighted by molar-refractivity contribution is 6.39. The van der Waals surface area contributed by atoms with Gasteiger partial charge in [0.2, 0.25) is 5.91 Å².